The molecule has 8 heteroatoms. The fourth-order valence-corrected chi connectivity index (χ4v) is 3.91. The normalized spacial score (nSPS) is 21.0. The smallest absolute Gasteiger partial charge is 0.305 e. The quantitative estimate of drug-likeness (QED) is 0.922. The van der Waals surface area contributed by atoms with Crippen molar-refractivity contribution in [2.75, 3.05) is 20.1 Å². The third-order valence-corrected chi connectivity index (χ3v) is 5.29. The van der Waals surface area contributed by atoms with Crippen molar-refractivity contribution in [2.45, 2.75) is 36.9 Å². The zero-order valence-electron chi connectivity index (χ0n) is 12.4. The fraction of sp³-hybridized carbons (Fsp3) is 0.571. The molecule has 0 unspecified atom stereocenters. The Morgan fingerprint density at radius 1 is 1.32 bits per heavy atom. The number of nitrogens with one attached hydrogen (secondary N) is 1. The summed E-state index contributed by atoms with van der Waals surface area (Å²) >= 11 is 0. The predicted molar refractivity (Wildman–Crippen MR) is 77.0 cm³/mol. The van der Waals surface area contributed by atoms with Gasteiger partial charge in [0.1, 0.15) is 0 Å². The van der Waals surface area contributed by atoms with Gasteiger partial charge in [0, 0.05) is 12.6 Å². The number of halogens is 3. The third-order valence-electron chi connectivity index (χ3n) is 3.77. The number of piperidine rings is 1. The molecule has 1 fully saturated rings. The van der Waals surface area contributed by atoms with E-state index in [2.05, 4.69) is 4.72 Å². The molecule has 1 aliphatic rings. The highest BCUT2D eigenvalue weighted by Crippen LogP contribution is 2.33. The van der Waals surface area contributed by atoms with Crippen molar-refractivity contribution in [3.05, 3.63) is 29.3 Å². The van der Waals surface area contributed by atoms with Crippen molar-refractivity contribution in [3.63, 3.8) is 0 Å². The second kappa shape index (κ2) is 6.17. The van der Waals surface area contributed by atoms with Crippen LogP contribution in [-0.4, -0.2) is 39.5 Å². The Labute approximate surface area is 128 Å². The monoisotopic (exact) mass is 336 g/mol. The van der Waals surface area contributed by atoms with E-state index in [1.165, 1.54) is 19.1 Å². The van der Waals surface area contributed by atoms with Crippen molar-refractivity contribution < 1.29 is 21.6 Å². The SMILES string of the molecule is Cc1ccc(S(=O)(=O)N[C@@H]2CCCN(C)C2)cc1C(F)(F)F. The summed E-state index contributed by atoms with van der Waals surface area (Å²) in [5, 5.41) is 0. The first kappa shape index (κ1) is 17.2. The van der Waals surface area contributed by atoms with Crippen LogP contribution in [0.3, 0.4) is 0 Å². The minimum atomic E-state index is -4.57. The van der Waals surface area contributed by atoms with Crippen molar-refractivity contribution in [1.82, 2.24) is 9.62 Å². The Hall–Kier alpha value is -1.12. The van der Waals surface area contributed by atoms with E-state index in [0.29, 0.717) is 19.0 Å². The lowest BCUT2D eigenvalue weighted by Gasteiger charge is -2.30. The number of nitrogens with zero attached hydrogens (tertiary/aromatic N) is 1. The number of likely N-dealkylation sites (tertiary alicyclic amines) is 1. The van der Waals surface area contributed by atoms with Gasteiger partial charge in [-0.05, 0) is 51.1 Å². The number of alkyl halides is 3. The standard InChI is InChI=1S/C14H19F3N2O2S/c1-10-5-6-12(8-13(10)14(15,16)17)22(20,21)18-11-4-3-7-19(2)9-11/h5-6,8,11,18H,3-4,7,9H2,1-2H3/t11-/m1/s1. The lowest BCUT2D eigenvalue weighted by atomic mass is 10.1. The van der Waals surface area contributed by atoms with Crippen LogP contribution in [0.25, 0.3) is 0 Å². The molecule has 0 saturated carbocycles. The van der Waals surface area contributed by atoms with Gasteiger partial charge in [0.2, 0.25) is 10.0 Å². The molecule has 0 aromatic heterocycles. The Morgan fingerprint density at radius 3 is 2.59 bits per heavy atom. The molecule has 0 amide bonds. The maximum atomic E-state index is 12.9. The molecule has 1 aromatic rings. The van der Waals surface area contributed by atoms with Gasteiger partial charge < -0.3 is 4.90 Å². The summed E-state index contributed by atoms with van der Waals surface area (Å²) in [5.74, 6) is 0. The van der Waals surface area contributed by atoms with Gasteiger partial charge in [-0.25, -0.2) is 13.1 Å². The van der Waals surface area contributed by atoms with Gasteiger partial charge in [0.05, 0.1) is 10.5 Å². The number of benzene rings is 1. The number of hydrogen-bond acceptors (Lipinski definition) is 3. The molecule has 1 aromatic carbocycles. The van der Waals surface area contributed by atoms with Crippen LogP contribution in [0.2, 0.25) is 0 Å². The molecule has 1 N–H and O–H groups in total. The first-order valence-electron chi connectivity index (χ1n) is 6.98. The molecule has 22 heavy (non-hydrogen) atoms. The Morgan fingerprint density at radius 2 is 2.00 bits per heavy atom. The predicted octanol–water partition coefficient (Wildman–Crippen LogP) is 2.39. The van der Waals surface area contributed by atoms with E-state index in [1.54, 1.807) is 0 Å². The topological polar surface area (TPSA) is 49.4 Å². The van der Waals surface area contributed by atoms with E-state index in [9.17, 15) is 21.6 Å². The van der Waals surface area contributed by atoms with Crippen LogP contribution in [0.5, 0.6) is 0 Å². The van der Waals surface area contributed by atoms with E-state index in [1.807, 2.05) is 11.9 Å². The van der Waals surface area contributed by atoms with Crippen LogP contribution in [0.4, 0.5) is 13.2 Å². The van der Waals surface area contributed by atoms with E-state index < -0.39 is 21.8 Å². The van der Waals surface area contributed by atoms with Crippen molar-refractivity contribution in [2.24, 2.45) is 0 Å². The van der Waals surface area contributed by atoms with Crippen molar-refractivity contribution in [1.29, 1.82) is 0 Å². The summed E-state index contributed by atoms with van der Waals surface area (Å²) in [6.45, 7) is 2.75. The summed E-state index contributed by atoms with van der Waals surface area (Å²) in [5.41, 5.74) is -0.917. The summed E-state index contributed by atoms with van der Waals surface area (Å²) in [4.78, 5) is 1.64. The molecular weight excluding hydrogens is 317 g/mol. The lowest BCUT2D eigenvalue weighted by molar-refractivity contribution is -0.138. The third kappa shape index (κ3) is 3.99. The molecule has 1 aliphatic heterocycles. The average molecular weight is 336 g/mol. The van der Waals surface area contributed by atoms with E-state index in [4.69, 9.17) is 0 Å². The first-order chi connectivity index (χ1) is 10.1. The number of hydrogen-bond donors (Lipinski definition) is 1. The molecule has 1 heterocycles. The minimum Gasteiger partial charge on any atom is -0.305 e. The zero-order valence-corrected chi connectivity index (χ0v) is 13.3. The van der Waals surface area contributed by atoms with Gasteiger partial charge in [-0.1, -0.05) is 6.07 Å². The highest BCUT2D eigenvalue weighted by atomic mass is 32.2. The maximum Gasteiger partial charge on any atom is 0.416 e. The van der Waals surface area contributed by atoms with Gasteiger partial charge >= 0.3 is 6.18 Å². The summed E-state index contributed by atoms with van der Waals surface area (Å²) < 4.78 is 65.8. The second-order valence-electron chi connectivity index (χ2n) is 5.70. The number of rotatable bonds is 3. The average Bonchev–Trinajstić information content (AvgIpc) is 2.36. The molecule has 2 rings (SSSR count). The molecular formula is C14H19F3N2O2S. The lowest BCUT2D eigenvalue weighted by Crippen LogP contribution is -2.46. The van der Waals surface area contributed by atoms with E-state index in [0.717, 1.165) is 13.0 Å². The highest BCUT2D eigenvalue weighted by Gasteiger charge is 2.34. The van der Waals surface area contributed by atoms with Crippen LogP contribution in [0, 0.1) is 6.92 Å². The molecule has 0 bridgehead atoms. The van der Waals surface area contributed by atoms with Gasteiger partial charge in [0.25, 0.3) is 0 Å². The Kier molecular flexibility index (Phi) is 4.84. The molecule has 1 saturated heterocycles. The highest BCUT2D eigenvalue weighted by molar-refractivity contribution is 7.89. The number of sulfonamides is 1. The molecule has 0 spiro atoms. The van der Waals surface area contributed by atoms with E-state index >= 15 is 0 Å². The molecule has 124 valence electrons. The van der Waals surface area contributed by atoms with Crippen LogP contribution < -0.4 is 4.72 Å². The van der Waals surface area contributed by atoms with Crippen LogP contribution in [0.15, 0.2) is 23.1 Å². The maximum absolute atomic E-state index is 12.9. The van der Waals surface area contributed by atoms with Crippen LogP contribution in [-0.2, 0) is 16.2 Å². The van der Waals surface area contributed by atoms with Crippen molar-refractivity contribution >= 4 is 10.0 Å². The fourth-order valence-electron chi connectivity index (χ4n) is 2.62. The van der Waals surface area contributed by atoms with E-state index in [-0.39, 0.29) is 16.5 Å². The zero-order chi connectivity index (χ0) is 16.5. The van der Waals surface area contributed by atoms with Gasteiger partial charge in [-0.2, -0.15) is 13.2 Å². The minimum absolute atomic E-state index is 0.00356. The molecule has 1 atom stereocenters. The Bertz CT molecular complexity index is 644. The number of likely N-dealkylation sites (N-methyl/N-ethyl adjacent to an activating group) is 1. The summed E-state index contributed by atoms with van der Waals surface area (Å²) in [6, 6.07) is 2.81. The van der Waals surface area contributed by atoms with Gasteiger partial charge in [-0.3, -0.25) is 0 Å². The van der Waals surface area contributed by atoms with Gasteiger partial charge in [-0.15, -0.1) is 0 Å². The largest absolute Gasteiger partial charge is 0.416 e. The first-order valence-corrected chi connectivity index (χ1v) is 8.46. The molecule has 0 aliphatic carbocycles. The van der Waals surface area contributed by atoms with Crippen molar-refractivity contribution in [3.8, 4) is 0 Å². The molecule has 4 nitrogen and oxygen atoms in total. The molecule has 0 radical (unpaired) electrons. The summed E-state index contributed by atoms with van der Waals surface area (Å²) in [7, 11) is -2.08. The second-order valence-corrected chi connectivity index (χ2v) is 7.41. The number of aryl methyl sites for hydroxylation is 1. The Balaban J connectivity index is 2.26. The van der Waals surface area contributed by atoms with Gasteiger partial charge in [0.15, 0.2) is 0 Å². The van der Waals surface area contributed by atoms with Crippen LogP contribution >= 0.6 is 0 Å². The summed E-state index contributed by atoms with van der Waals surface area (Å²) in [6.07, 6.45) is -3.03. The van der Waals surface area contributed by atoms with Crippen LogP contribution in [0.1, 0.15) is 24.0 Å².